The van der Waals surface area contributed by atoms with Crippen molar-refractivity contribution in [3.05, 3.63) is 94.5 Å². The number of anilines is 1. The Morgan fingerprint density at radius 3 is 2.24 bits per heavy atom. The number of amides is 1. The number of piperidine rings is 1. The summed E-state index contributed by atoms with van der Waals surface area (Å²) in [4.78, 5) is 28.3. The summed E-state index contributed by atoms with van der Waals surface area (Å²) in [6, 6.07) is 21.9. The van der Waals surface area contributed by atoms with Gasteiger partial charge in [-0.1, -0.05) is 54.1 Å². The molecule has 1 amide bonds. The monoisotopic (exact) mass is 514 g/mol. The van der Waals surface area contributed by atoms with E-state index in [1.807, 2.05) is 13.0 Å². The molecule has 1 aliphatic rings. The number of primary amides is 1. The molecule has 0 radical (unpaired) electrons. The molecule has 4 rings (SSSR count). The summed E-state index contributed by atoms with van der Waals surface area (Å²) in [5.74, 6) is -1.51. The molecule has 0 saturated carbocycles. The first-order valence-electron chi connectivity index (χ1n) is 13.6. The van der Waals surface area contributed by atoms with Gasteiger partial charge in [0.25, 0.3) is 0 Å². The minimum Gasteiger partial charge on any atom is -0.493 e. The van der Waals surface area contributed by atoms with Gasteiger partial charge in [0.1, 0.15) is 11.3 Å². The number of nitrogens with zero attached hydrogens (tertiary/aromatic N) is 1. The number of esters is 1. The van der Waals surface area contributed by atoms with E-state index in [1.54, 1.807) is 25.1 Å². The predicted octanol–water partition coefficient (Wildman–Crippen LogP) is 5.96. The third kappa shape index (κ3) is 6.01. The van der Waals surface area contributed by atoms with Crippen LogP contribution in [0.15, 0.2) is 66.7 Å². The van der Waals surface area contributed by atoms with E-state index in [2.05, 4.69) is 54.3 Å². The van der Waals surface area contributed by atoms with Gasteiger partial charge in [-0.2, -0.15) is 0 Å². The van der Waals surface area contributed by atoms with Gasteiger partial charge >= 0.3 is 5.97 Å². The molecule has 200 valence electrons. The third-order valence-corrected chi connectivity index (χ3v) is 7.20. The lowest BCUT2D eigenvalue weighted by Gasteiger charge is -2.35. The summed E-state index contributed by atoms with van der Waals surface area (Å²) < 4.78 is 11.1. The Hall–Kier alpha value is -3.80. The number of para-hydroxylation sites is 1. The number of hydrogen-bond donors (Lipinski definition) is 1. The van der Waals surface area contributed by atoms with E-state index >= 15 is 0 Å². The highest BCUT2D eigenvalue weighted by molar-refractivity contribution is 5.93. The summed E-state index contributed by atoms with van der Waals surface area (Å²) in [7, 11) is 0. The fourth-order valence-electron chi connectivity index (χ4n) is 5.40. The van der Waals surface area contributed by atoms with Crippen LogP contribution < -0.4 is 15.4 Å². The summed E-state index contributed by atoms with van der Waals surface area (Å²) in [5.41, 5.74) is 11.6. The standard InChI is InChI=1S/C32H38N2O4/c1-4-37-28-21-24(17-18-26(28)32(36)38-5-2)30(31(33)35)29(23-15-13-22(3)14-16-23)25-11-7-8-12-27(25)34-19-9-6-10-20-34/h7-8,11-18,21,29-30H,4-6,9-10,19-20H2,1-3H3,(H2,33,35). The SMILES string of the molecule is CCOC(=O)c1ccc(C(C(N)=O)C(c2ccc(C)cc2)c2ccccc2N2CCCCC2)cc1OCC. The van der Waals surface area contributed by atoms with Crippen LogP contribution in [0.2, 0.25) is 0 Å². The van der Waals surface area contributed by atoms with Crippen LogP contribution >= 0.6 is 0 Å². The molecule has 3 aromatic carbocycles. The zero-order valence-corrected chi connectivity index (χ0v) is 22.6. The van der Waals surface area contributed by atoms with Crippen molar-refractivity contribution in [3.8, 4) is 5.75 Å². The fraction of sp³-hybridized carbons (Fsp3) is 0.375. The number of rotatable bonds is 10. The lowest BCUT2D eigenvalue weighted by Crippen LogP contribution is -2.33. The first kappa shape index (κ1) is 27.2. The van der Waals surface area contributed by atoms with E-state index in [0.29, 0.717) is 23.5 Å². The zero-order valence-electron chi connectivity index (χ0n) is 22.6. The van der Waals surface area contributed by atoms with Crippen LogP contribution in [0.1, 0.15) is 77.6 Å². The molecule has 3 aromatic rings. The number of ether oxygens (including phenoxy) is 2. The normalized spacial score (nSPS) is 15.0. The molecule has 38 heavy (non-hydrogen) atoms. The molecule has 6 heteroatoms. The van der Waals surface area contributed by atoms with Gasteiger partial charge in [0.05, 0.1) is 19.1 Å². The van der Waals surface area contributed by atoms with Gasteiger partial charge in [-0.05, 0) is 74.9 Å². The highest BCUT2D eigenvalue weighted by atomic mass is 16.5. The lowest BCUT2D eigenvalue weighted by atomic mass is 9.75. The van der Waals surface area contributed by atoms with Gasteiger partial charge in [0.15, 0.2) is 0 Å². The molecule has 0 aromatic heterocycles. The molecule has 0 bridgehead atoms. The van der Waals surface area contributed by atoms with Crippen LogP contribution in [0.5, 0.6) is 5.75 Å². The summed E-state index contributed by atoms with van der Waals surface area (Å²) in [5, 5.41) is 0. The number of nitrogens with two attached hydrogens (primary N) is 1. The average molecular weight is 515 g/mol. The fourth-order valence-corrected chi connectivity index (χ4v) is 5.40. The van der Waals surface area contributed by atoms with Gasteiger partial charge in [-0.15, -0.1) is 0 Å². The second-order valence-electron chi connectivity index (χ2n) is 9.78. The van der Waals surface area contributed by atoms with Crippen molar-refractivity contribution in [2.45, 2.75) is 51.9 Å². The summed E-state index contributed by atoms with van der Waals surface area (Å²) in [6.07, 6.45) is 3.53. The van der Waals surface area contributed by atoms with Crippen molar-refractivity contribution in [1.29, 1.82) is 0 Å². The van der Waals surface area contributed by atoms with Crippen molar-refractivity contribution in [2.24, 2.45) is 5.73 Å². The molecule has 1 aliphatic heterocycles. The number of carbonyl (C=O) groups is 2. The van der Waals surface area contributed by atoms with Crippen molar-refractivity contribution >= 4 is 17.6 Å². The predicted molar refractivity (Wildman–Crippen MR) is 151 cm³/mol. The molecule has 0 aliphatic carbocycles. The Kier molecular flexibility index (Phi) is 9.06. The maximum absolute atomic E-state index is 13.3. The minimum atomic E-state index is -0.681. The molecule has 0 spiro atoms. The number of hydrogen-bond acceptors (Lipinski definition) is 5. The van der Waals surface area contributed by atoms with Crippen molar-refractivity contribution in [1.82, 2.24) is 0 Å². The van der Waals surface area contributed by atoms with E-state index in [1.165, 1.54) is 6.42 Å². The molecule has 2 N–H and O–H groups in total. The highest BCUT2D eigenvalue weighted by Crippen LogP contribution is 2.44. The quantitative estimate of drug-likeness (QED) is 0.338. The van der Waals surface area contributed by atoms with E-state index in [-0.39, 0.29) is 12.5 Å². The van der Waals surface area contributed by atoms with Crippen LogP contribution in [0, 0.1) is 6.92 Å². The highest BCUT2D eigenvalue weighted by Gasteiger charge is 2.34. The molecule has 1 heterocycles. The Labute approximate surface area is 225 Å². The third-order valence-electron chi connectivity index (χ3n) is 7.20. The molecule has 1 saturated heterocycles. The van der Waals surface area contributed by atoms with Gasteiger partial charge in [-0.3, -0.25) is 4.79 Å². The maximum atomic E-state index is 13.3. The molecule has 2 atom stereocenters. The van der Waals surface area contributed by atoms with Crippen LogP contribution in [-0.4, -0.2) is 38.2 Å². The van der Waals surface area contributed by atoms with Crippen molar-refractivity contribution < 1.29 is 19.1 Å². The van der Waals surface area contributed by atoms with Crippen LogP contribution in [-0.2, 0) is 9.53 Å². The van der Waals surface area contributed by atoms with Gasteiger partial charge in [0.2, 0.25) is 5.91 Å². The summed E-state index contributed by atoms with van der Waals surface area (Å²) >= 11 is 0. The Morgan fingerprint density at radius 1 is 0.895 bits per heavy atom. The number of carbonyl (C=O) groups excluding carboxylic acids is 2. The second-order valence-corrected chi connectivity index (χ2v) is 9.78. The number of aryl methyl sites for hydroxylation is 1. The Bertz CT molecular complexity index is 1250. The van der Waals surface area contributed by atoms with Crippen LogP contribution in [0.25, 0.3) is 0 Å². The van der Waals surface area contributed by atoms with Crippen LogP contribution in [0.3, 0.4) is 0 Å². The Balaban J connectivity index is 1.89. The van der Waals surface area contributed by atoms with Crippen LogP contribution in [0.4, 0.5) is 5.69 Å². The van der Waals surface area contributed by atoms with E-state index < -0.39 is 17.8 Å². The first-order valence-corrected chi connectivity index (χ1v) is 13.6. The van der Waals surface area contributed by atoms with Gasteiger partial charge in [-0.25, -0.2) is 4.79 Å². The van der Waals surface area contributed by atoms with Crippen molar-refractivity contribution in [3.63, 3.8) is 0 Å². The summed E-state index contributed by atoms with van der Waals surface area (Å²) in [6.45, 7) is 8.28. The molecular weight excluding hydrogens is 476 g/mol. The topological polar surface area (TPSA) is 81.9 Å². The van der Waals surface area contributed by atoms with E-state index in [0.717, 1.165) is 48.3 Å². The van der Waals surface area contributed by atoms with Gasteiger partial charge in [0, 0.05) is 24.7 Å². The molecule has 6 nitrogen and oxygen atoms in total. The molecule has 1 fully saturated rings. The lowest BCUT2D eigenvalue weighted by molar-refractivity contribution is -0.119. The molecular formula is C32H38N2O4. The van der Waals surface area contributed by atoms with Crippen molar-refractivity contribution in [2.75, 3.05) is 31.2 Å². The second kappa shape index (κ2) is 12.6. The van der Waals surface area contributed by atoms with Gasteiger partial charge < -0.3 is 20.1 Å². The van der Waals surface area contributed by atoms with E-state index in [9.17, 15) is 9.59 Å². The zero-order chi connectivity index (χ0) is 27.1. The maximum Gasteiger partial charge on any atom is 0.341 e. The average Bonchev–Trinajstić information content (AvgIpc) is 2.93. The van der Waals surface area contributed by atoms with E-state index in [4.69, 9.17) is 15.2 Å². The minimum absolute atomic E-state index is 0.263. The Morgan fingerprint density at radius 2 is 1.58 bits per heavy atom. The largest absolute Gasteiger partial charge is 0.493 e. The number of benzene rings is 3. The smallest absolute Gasteiger partial charge is 0.341 e. The first-order chi connectivity index (χ1) is 18.4. The molecule has 2 unspecified atom stereocenters.